The summed E-state index contributed by atoms with van der Waals surface area (Å²) in [5, 5.41) is 3.21. The summed E-state index contributed by atoms with van der Waals surface area (Å²) in [4.78, 5) is 11.6. The molecule has 1 amide bonds. The van der Waals surface area contributed by atoms with Crippen LogP contribution in [-0.2, 0) is 4.79 Å². The normalized spacial score (nSPS) is 17.4. The molecule has 1 aromatic carbocycles. The lowest BCUT2D eigenvalue weighted by molar-refractivity contribution is -0.120. The van der Waals surface area contributed by atoms with Gasteiger partial charge in [0.05, 0.1) is 7.11 Å². The smallest absolute Gasteiger partial charge is 0.239 e. The van der Waals surface area contributed by atoms with E-state index < -0.39 is 17.8 Å². The second-order valence-corrected chi connectivity index (χ2v) is 4.88. The van der Waals surface area contributed by atoms with Gasteiger partial charge in [-0.05, 0) is 30.5 Å². The molecule has 0 radical (unpaired) electrons. The van der Waals surface area contributed by atoms with Gasteiger partial charge in [0.2, 0.25) is 5.91 Å². The summed E-state index contributed by atoms with van der Waals surface area (Å²) >= 11 is 0. The molecule has 1 atom stereocenters. The number of amides is 1. The van der Waals surface area contributed by atoms with Gasteiger partial charge >= 0.3 is 0 Å². The number of hydrogen-bond acceptors (Lipinski definition) is 3. The van der Waals surface area contributed by atoms with E-state index in [2.05, 4.69) is 5.32 Å². The fourth-order valence-corrected chi connectivity index (χ4v) is 2.53. The molecule has 0 aliphatic heterocycles. The Hall–Kier alpha value is -1.62. The first-order valence-electron chi connectivity index (χ1n) is 6.50. The number of carbonyl (C=O) groups is 1. The van der Waals surface area contributed by atoms with Crippen LogP contribution in [0.4, 0.5) is 4.39 Å². The van der Waals surface area contributed by atoms with Crippen LogP contribution >= 0.6 is 0 Å². The zero-order chi connectivity index (χ0) is 13.8. The van der Waals surface area contributed by atoms with Crippen molar-refractivity contribution in [3.05, 3.63) is 29.6 Å². The first kappa shape index (κ1) is 13.8. The highest BCUT2D eigenvalue weighted by Crippen LogP contribution is 2.25. The van der Waals surface area contributed by atoms with Gasteiger partial charge in [-0.25, -0.2) is 4.39 Å². The number of methoxy groups -OCH3 is 1. The molecule has 19 heavy (non-hydrogen) atoms. The fourth-order valence-electron chi connectivity index (χ4n) is 2.53. The molecule has 0 aromatic heterocycles. The lowest BCUT2D eigenvalue weighted by atomic mass is 10.0. The fraction of sp³-hybridized carbons (Fsp3) is 0.500. The van der Waals surface area contributed by atoms with Crippen LogP contribution in [0.15, 0.2) is 18.2 Å². The zero-order valence-electron chi connectivity index (χ0n) is 11.0. The molecule has 5 heteroatoms. The van der Waals surface area contributed by atoms with E-state index in [4.69, 9.17) is 10.5 Å². The van der Waals surface area contributed by atoms with E-state index in [1.807, 2.05) is 0 Å². The molecule has 3 N–H and O–H groups in total. The van der Waals surface area contributed by atoms with E-state index in [-0.39, 0.29) is 11.8 Å². The number of carbonyl (C=O) groups excluding carboxylic acids is 1. The van der Waals surface area contributed by atoms with Crippen LogP contribution in [0.3, 0.4) is 0 Å². The van der Waals surface area contributed by atoms with Gasteiger partial charge in [-0.15, -0.1) is 0 Å². The Morgan fingerprint density at radius 1 is 1.47 bits per heavy atom. The summed E-state index contributed by atoms with van der Waals surface area (Å²) in [6.45, 7) is 0. The van der Waals surface area contributed by atoms with Crippen LogP contribution in [0.25, 0.3) is 0 Å². The minimum Gasteiger partial charge on any atom is -0.494 e. The monoisotopic (exact) mass is 266 g/mol. The molecule has 1 fully saturated rings. The van der Waals surface area contributed by atoms with E-state index in [1.165, 1.54) is 19.2 Å². The summed E-state index contributed by atoms with van der Waals surface area (Å²) in [6.07, 6.45) is 4.37. The quantitative estimate of drug-likeness (QED) is 0.855. The number of primary amides is 1. The number of nitrogens with two attached hydrogens (primary N) is 1. The maximum atomic E-state index is 13.7. The average Bonchev–Trinajstić information content (AvgIpc) is 2.88. The van der Waals surface area contributed by atoms with E-state index in [0.717, 1.165) is 25.7 Å². The molecule has 2 rings (SSSR count). The molecule has 104 valence electrons. The van der Waals surface area contributed by atoms with Crippen LogP contribution in [0.1, 0.15) is 37.3 Å². The van der Waals surface area contributed by atoms with Crippen LogP contribution in [0.2, 0.25) is 0 Å². The zero-order valence-corrected chi connectivity index (χ0v) is 11.0. The van der Waals surface area contributed by atoms with Crippen molar-refractivity contribution < 1.29 is 13.9 Å². The SMILES string of the molecule is COc1ccc(C(NC2CCCC2)C(N)=O)cc1F. The third-order valence-corrected chi connectivity index (χ3v) is 3.55. The lowest BCUT2D eigenvalue weighted by Gasteiger charge is -2.21. The molecule has 0 bridgehead atoms. The number of benzene rings is 1. The molecule has 1 saturated carbocycles. The minimum absolute atomic E-state index is 0.160. The first-order valence-corrected chi connectivity index (χ1v) is 6.50. The van der Waals surface area contributed by atoms with Gasteiger partial charge in [0.25, 0.3) is 0 Å². The van der Waals surface area contributed by atoms with Crippen molar-refractivity contribution in [1.29, 1.82) is 0 Å². The van der Waals surface area contributed by atoms with Crippen LogP contribution < -0.4 is 15.8 Å². The van der Waals surface area contributed by atoms with Crippen molar-refractivity contribution in [2.24, 2.45) is 5.73 Å². The predicted molar refractivity (Wildman–Crippen MR) is 70.3 cm³/mol. The number of rotatable bonds is 5. The Bertz CT molecular complexity index is 459. The number of nitrogens with one attached hydrogen (secondary N) is 1. The average molecular weight is 266 g/mol. The molecule has 1 unspecified atom stereocenters. The van der Waals surface area contributed by atoms with Crippen LogP contribution in [0, 0.1) is 5.82 Å². The Balaban J connectivity index is 2.18. The third kappa shape index (κ3) is 3.23. The van der Waals surface area contributed by atoms with Crippen molar-refractivity contribution >= 4 is 5.91 Å². The molecule has 0 heterocycles. The molecule has 0 spiro atoms. The molecule has 4 nitrogen and oxygen atoms in total. The molecule has 1 aliphatic carbocycles. The standard InChI is InChI=1S/C14H19FN2O2/c1-19-12-7-6-9(8-11(12)15)13(14(16)18)17-10-4-2-3-5-10/h6-8,10,13,17H,2-5H2,1H3,(H2,16,18). The van der Waals surface area contributed by atoms with Gasteiger partial charge in [0, 0.05) is 6.04 Å². The van der Waals surface area contributed by atoms with Gasteiger partial charge in [-0.1, -0.05) is 18.9 Å². The van der Waals surface area contributed by atoms with Gasteiger partial charge in [-0.3, -0.25) is 10.1 Å². The highest BCUT2D eigenvalue weighted by molar-refractivity contribution is 5.81. The summed E-state index contributed by atoms with van der Waals surface area (Å²) in [5.74, 6) is -0.816. The minimum atomic E-state index is -0.650. The Morgan fingerprint density at radius 2 is 2.16 bits per heavy atom. The van der Waals surface area contributed by atoms with E-state index >= 15 is 0 Å². The van der Waals surface area contributed by atoms with Gasteiger partial charge < -0.3 is 10.5 Å². The maximum Gasteiger partial charge on any atom is 0.239 e. The number of ether oxygens (including phenoxy) is 1. The number of halogens is 1. The second-order valence-electron chi connectivity index (χ2n) is 4.88. The maximum absolute atomic E-state index is 13.7. The number of hydrogen-bond donors (Lipinski definition) is 2. The van der Waals surface area contributed by atoms with Gasteiger partial charge in [0.15, 0.2) is 11.6 Å². The Labute approximate surface area is 112 Å². The van der Waals surface area contributed by atoms with Crippen LogP contribution in [-0.4, -0.2) is 19.1 Å². The summed E-state index contributed by atoms with van der Waals surface area (Å²) < 4.78 is 18.5. The van der Waals surface area contributed by atoms with Crippen molar-refractivity contribution in [2.75, 3.05) is 7.11 Å². The van der Waals surface area contributed by atoms with Crippen molar-refractivity contribution in [1.82, 2.24) is 5.32 Å². The predicted octanol–water partition coefficient (Wildman–Crippen LogP) is 1.89. The third-order valence-electron chi connectivity index (χ3n) is 3.55. The molecule has 0 saturated heterocycles. The van der Waals surface area contributed by atoms with E-state index in [9.17, 15) is 9.18 Å². The van der Waals surface area contributed by atoms with E-state index in [1.54, 1.807) is 6.07 Å². The summed E-state index contributed by atoms with van der Waals surface area (Å²) in [7, 11) is 1.40. The van der Waals surface area contributed by atoms with Crippen LogP contribution in [0.5, 0.6) is 5.75 Å². The van der Waals surface area contributed by atoms with Crippen molar-refractivity contribution in [2.45, 2.75) is 37.8 Å². The molecular weight excluding hydrogens is 247 g/mol. The topological polar surface area (TPSA) is 64.3 Å². The highest BCUT2D eigenvalue weighted by atomic mass is 19.1. The largest absolute Gasteiger partial charge is 0.494 e. The Morgan fingerprint density at radius 3 is 2.68 bits per heavy atom. The van der Waals surface area contributed by atoms with Gasteiger partial charge in [-0.2, -0.15) is 0 Å². The molecule has 1 aliphatic rings. The molecular formula is C14H19FN2O2. The summed E-state index contributed by atoms with van der Waals surface area (Å²) in [5.41, 5.74) is 5.95. The van der Waals surface area contributed by atoms with Crippen molar-refractivity contribution in [3.63, 3.8) is 0 Å². The highest BCUT2D eigenvalue weighted by Gasteiger charge is 2.24. The first-order chi connectivity index (χ1) is 9.11. The summed E-state index contributed by atoms with van der Waals surface area (Å²) in [6, 6.07) is 4.11. The molecule has 1 aromatic rings. The lowest BCUT2D eigenvalue weighted by Crippen LogP contribution is -2.38. The van der Waals surface area contributed by atoms with Gasteiger partial charge in [0.1, 0.15) is 6.04 Å². The van der Waals surface area contributed by atoms with E-state index in [0.29, 0.717) is 5.56 Å². The Kier molecular flexibility index (Phi) is 4.37. The van der Waals surface area contributed by atoms with Crippen molar-refractivity contribution in [3.8, 4) is 5.75 Å². The second kappa shape index (κ2) is 6.02.